The molecule has 2 aromatic heterocycles. The molecule has 5 nitrogen and oxygen atoms in total. The number of nitrogens with one attached hydrogen (secondary N) is 1. The molecule has 15 heavy (non-hydrogen) atoms. The van der Waals surface area contributed by atoms with Crippen molar-refractivity contribution in [3.63, 3.8) is 0 Å². The molecule has 2 rings (SSSR count). The van der Waals surface area contributed by atoms with Crippen LogP contribution >= 0.6 is 0 Å². The van der Waals surface area contributed by atoms with Crippen LogP contribution in [0.4, 0.5) is 5.82 Å². The second kappa shape index (κ2) is 4.00. The molecule has 0 amide bonds. The Balaban J connectivity index is 2.40. The lowest BCUT2D eigenvalue weighted by atomic mass is 10.2. The molecule has 0 radical (unpaired) electrons. The number of aryl methyl sites for hydroxylation is 1. The summed E-state index contributed by atoms with van der Waals surface area (Å²) in [6.07, 6.45) is 5.02. The molecule has 5 heteroatoms. The van der Waals surface area contributed by atoms with E-state index in [1.165, 1.54) is 6.33 Å². The molecule has 1 N–H and O–H groups in total. The van der Waals surface area contributed by atoms with Crippen molar-refractivity contribution in [1.29, 1.82) is 0 Å². The summed E-state index contributed by atoms with van der Waals surface area (Å²) in [6, 6.07) is 1.86. The maximum absolute atomic E-state index is 4.16. The molecule has 0 bridgehead atoms. The van der Waals surface area contributed by atoms with Crippen LogP contribution in [0.15, 0.2) is 24.8 Å². The highest BCUT2D eigenvalue weighted by atomic mass is 15.0. The van der Waals surface area contributed by atoms with Crippen molar-refractivity contribution in [1.82, 2.24) is 19.9 Å². The zero-order valence-electron chi connectivity index (χ0n) is 8.60. The van der Waals surface area contributed by atoms with Gasteiger partial charge in [0, 0.05) is 31.1 Å². The first-order chi connectivity index (χ1) is 7.29. The van der Waals surface area contributed by atoms with E-state index in [4.69, 9.17) is 0 Å². The lowest BCUT2D eigenvalue weighted by Gasteiger charge is -2.02. The Labute approximate surface area is 87.6 Å². The standard InChI is InChI=1S/C10H11N5/c1-7-12-4-8(5-13-7)9-3-10(11-2)15-6-14-9/h3-6H,1-2H3,(H,11,14,15). The summed E-state index contributed by atoms with van der Waals surface area (Å²) in [5.41, 5.74) is 1.70. The summed E-state index contributed by atoms with van der Waals surface area (Å²) < 4.78 is 0. The lowest BCUT2D eigenvalue weighted by Crippen LogP contribution is -1.95. The van der Waals surface area contributed by atoms with E-state index >= 15 is 0 Å². The Bertz CT molecular complexity index is 452. The van der Waals surface area contributed by atoms with Crippen LogP contribution in [0.25, 0.3) is 11.3 Å². The maximum Gasteiger partial charge on any atom is 0.129 e. The molecule has 0 spiro atoms. The van der Waals surface area contributed by atoms with E-state index in [9.17, 15) is 0 Å². The zero-order chi connectivity index (χ0) is 10.7. The van der Waals surface area contributed by atoms with Crippen LogP contribution in [0.5, 0.6) is 0 Å². The first-order valence-electron chi connectivity index (χ1n) is 4.58. The number of aromatic nitrogens is 4. The molecule has 0 aromatic carbocycles. The third-order valence-electron chi connectivity index (χ3n) is 2.00. The number of nitrogens with zero attached hydrogens (tertiary/aromatic N) is 4. The van der Waals surface area contributed by atoms with Gasteiger partial charge in [-0.3, -0.25) is 0 Å². The molecule has 0 saturated heterocycles. The topological polar surface area (TPSA) is 63.6 Å². The average molecular weight is 201 g/mol. The zero-order valence-corrected chi connectivity index (χ0v) is 8.60. The van der Waals surface area contributed by atoms with Crippen molar-refractivity contribution in [2.45, 2.75) is 6.92 Å². The quantitative estimate of drug-likeness (QED) is 0.793. The normalized spacial score (nSPS) is 10.0. The smallest absolute Gasteiger partial charge is 0.129 e. The van der Waals surface area contributed by atoms with Gasteiger partial charge in [-0.05, 0) is 6.92 Å². The summed E-state index contributed by atoms with van der Waals surface area (Å²) in [6.45, 7) is 1.85. The molecule has 0 fully saturated rings. The minimum absolute atomic E-state index is 0.752. The van der Waals surface area contributed by atoms with Crippen molar-refractivity contribution in [3.8, 4) is 11.3 Å². The number of rotatable bonds is 2. The highest BCUT2D eigenvalue weighted by Gasteiger charge is 2.01. The molecular weight excluding hydrogens is 190 g/mol. The van der Waals surface area contributed by atoms with Crippen molar-refractivity contribution in [2.75, 3.05) is 12.4 Å². The first-order valence-corrected chi connectivity index (χ1v) is 4.58. The highest BCUT2D eigenvalue weighted by molar-refractivity contribution is 5.59. The van der Waals surface area contributed by atoms with Gasteiger partial charge in [-0.1, -0.05) is 0 Å². The fourth-order valence-electron chi connectivity index (χ4n) is 1.18. The van der Waals surface area contributed by atoms with E-state index in [1.807, 2.05) is 20.0 Å². The monoisotopic (exact) mass is 201 g/mol. The predicted molar refractivity (Wildman–Crippen MR) is 57.3 cm³/mol. The molecule has 2 heterocycles. The summed E-state index contributed by atoms with van der Waals surface area (Å²) in [4.78, 5) is 16.4. The van der Waals surface area contributed by atoms with Gasteiger partial charge in [0.2, 0.25) is 0 Å². The Morgan fingerprint density at radius 2 is 1.80 bits per heavy atom. The fraction of sp³-hybridized carbons (Fsp3) is 0.200. The van der Waals surface area contributed by atoms with Gasteiger partial charge < -0.3 is 5.32 Å². The van der Waals surface area contributed by atoms with E-state index in [1.54, 1.807) is 12.4 Å². The summed E-state index contributed by atoms with van der Waals surface area (Å²) in [5, 5.41) is 2.96. The van der Waals surface area contributed by atoms with E-state index in [0.717, 1.165) is 22.9 Å². The van der Waals surface area contributed by atoms with Crippen LogP contribution in [0.1, 0.15) is 5.82 Å². The van der Waals surface area contributed by atoms with Crippen LogP contribution < -0.4 is 5.32 Å². The molecular formula is C10H11N5. The van der Waals surface area contributed by atoms with E-state index in [2.05, 4.69) is 25.3 Å². The van der Waals surface area contributed by atoms with Crippen molar-refractivity contribution in [2.24, 2.45) is 0 Å². The van der Waals surface area contributed by atoms with Crippen molar-refractivity contribution in [3.05, 3.63) is 30.6 Å². The maximum atomic E-state index is 4.16. The fourth-order valence-corrected chi connectivity index (χ4v) is 1.18. The molecule has 0 aliphatic carbocycles. The molecule has 2 aromatic rings. The molecule has 0 atom stereocenters. The number of anilines is 1. The van der Waals surface area contributed by atoms with Crippen LogP contribution in [-0.4, -0.2) is 27.0 Å². The van der Waals surface area contributed by atoms with Gasteiger partial charge in [-0.2, -0.15) is 0 Å². The van der Waals surface area contributed by atoms with Crippen LogP contribution in [0, 0.1) is 6.92 Å². The Morgan fingerprint density at radius 3 is 2.47 bits per heavy atom. The third-order valence-corrected chi connectivity index (χ3v) is 2.00. The van der Waals surface area contributed by atoms with E-state index < -0.39 is 0 Å². The Hall–Kier alpha value is -2.04. The van der Waals surface area contributed by atoms with E-state index in [-0.39, 0.29) is 0 Å². The Morgan fingerprint density at radius 1 is 1.07 bits per heavy atom. The lowest BCUT2D eigenvalue weighted by molar-refractivity contribution is 1.05. The van der Waals surface area contributed by atoms with Gasteiger partial charge in [0.25, 0.3) is 0 Å². The molecule has 0 unspecified atom stereocenters. The second-order valence-corrected chi connectivity index (χ2v) is 3.06. The largest absolute Gasteiger partial charge is 0.373 e. The van der Waals surface area contributed by atoms with Gasteiger partial charge in [-0.25, -0.2) is 19.9 Å². The van der Waals surface area contributed by atoms with Crippen LogP contribution in [0.2, 0.25) is 0 Å². The number of hydrogen-bond donors (Lipinski definition) is 1. The van der Waals surface area contributed by atoms with Gasteiger partial charge in [0.05, 0.1) is 5.69 Å². The minimum atomic E-state index is 0.752. The minimum Gasteiger partial charge on any atom is -0.373 e. The van der Waals surface area contributed by atoms with Crippen LogP contribution in [0.3, 0.4) is 0 Å². The van der Waals surface area contributed by atoms with Gasteiger partial charge in [0.15, 0.2) is 0 Å². The summed E-state index contributed by atoms with van der Waals surface area (Å²) in [5.74, 6) is 1.53. The summed E-state index contributed by atoms with van der Waals surface area (Å²) in [7, 11) is 1.82. The molecule has 0 saturated carbocycles. The van der Waals surface area contributed by atoms with Crippen molar-refractivity contribution >= 4 is 5.82 Å². The van der Waals surface area contributed by atoms with Gasteiger partial charge >= 0.3 is 0 Å². The molecule has 0 aliphatic heterocycles. The predicted octanol–water partition coefficient (Wildman–Crippen LogP) is 1.28. The highest BCUT2D eigenvalue weighted by Crippen LogP contribution is 2.16. The van der Waals surface area contributed by atoms with Gasteiger partial charge in [0.1, 0.15) is 18.0 Å². The summed E-state index contributed by atoms with van der Waals surface area (Å²) >= 11 is 0. The third kappa shape index (κ3) is 2.07. The SMILES string of the molecule is CNc1cc(-c2cnc(C)nc2)ncn1. The first kappa shape index (κ1) is 9.51. The molecule has 76 valence electrons. The average Bonchev–Trinajstić information content (AvgIpc) is 2.30. The second-order valence-electron chi connectivity index (χ2n) is 3.06. The van der Waals surface area contributed by atoms with Crippen molar-refractivity contribution < 1.29 is 0 Å². The number of hydrogen-bond acceptors (Lipinski definition) is 5. The molecule has 0 aliphatic rings. The Kier molecular flexibility index (Phi) is 2.53. The van der Waals surface area contributed by atoms with Crippen LogP contribution in [-0.2, 0) is 0 Å². The van der Waals surface area contributed by atoms with E-state index in [0.29, 0.717) is 0 Å². The van der Waals surface area contributed by atoms with Gasteiger partial charge in [-0.15, -0.1) is 0 Å².